The van der Waals surface area contributed by atoms with Gasteiger partial charge in [-0.25, -0.2) is 13.6 Å². The van der Waals surface area contributed by atoms with Crippen LogP contribution in [0.2, 0.25) is 5.02 Å². The van der Waals surface area contributed by atoms with E-state index in [0.717, 1.165) is 18.2 Å². The maximum Gasteiger partial charge on any atom is 0.321 e. The van der Waals surface area contributed by atoms with Crippen LogP contribution in [0.5, 0.6) is 5.75 Å². The molecule has 0 fully saturated rings. The monoisotopic (exact) mass is 340 g/mol. The number of urea groups is 1. The lowest BCUT2D eigenvalue weighted by atomic mass is 10.2. The Morgan fingerprint density at radius 3 is 2.48 bits per heavy atom. The zero-order chi connectivity index (χ0) is 17.0. The SMILES string of the molecule is COc1ccc(Cl)cc1CN(C)C(=O)Nc1cc(F)cc(F)c1. The van der Waals surface area contributed by atoms with Gasteiger partial charge in [0.1, 0.15) is 17.4 Å². The average molecular weight is 341 g/mol. The molecule has 0 spiro atoms. The second kappa shape index (κ2) is 7.28. The number of nitrogens with one attached hydrogen (secondary N) is 1. The molecule has 0 aliphatic carbocycles. The van der Waals surface area contributed by atoms with Gasteiger partial charge in [0.15, 0.2) is 0 Å². The Labute approximate surface area is 137 Å². The highest BCUT2D eigenvalue weighted by molar-refractivity contribution is 6.30. The van der Waals surface area contributed by atoms with Crippen LogP contribution in [-0.2, 0) is 6.54 Å². The molecule has 2 aromatic carbocycles. The smallest absolute Gasteiger partial charge is 0.321 e. The van der Waals surface area contributed by atoms with E-state index in [-0.39, 0.29) is 12.2 Å². The lowest BCUT2D eigenvalue weighted by Gasteiger charge is -2.19. The van der Waals surface area contributed by atoms with Crippen LogP contribution in [0.3, 0.4) is 0 Å². The standard InChI is InChI=1S/C16H15ClF2N2O2/c1-21(9-10-5-11(17)3-4-15(10)23-2)16(22)20-14-7-12(18)6-13(19)8-14/h3-8H,9H2,1-2H3,(H,20,22). The number of benzene rings is 2. The normalized spacial score (nSPS) is 10.3. The van der Waals surface area contributed by atoms with Crippen molar-refractivity contribution < 1.29 is 18.3 Å². The van der Waals surface area contributed by atoms with Gasteiger partial charge in [-0.1, -0.05) is 11.6 Å². The van der Waals surface area contributed by atoms with Crippen molar-refractivity contribution in [1.29, 1.82) is 0 Å². The number of carbonyl (C=O) groups is 1. The molecular formula is C16H15ClF2N2O2. The highest BCUT2D eigenvalue weighted by Crippen LogP contribution is 2.24. The zero-order valence-electron chi connectivity index (χ0n) is 12.6. The summed E-state index contributed by atoms with van der Waals surface area (Å²) in [5.41, 5.74) is 0.750. The number of rotatable bonds is 4. The highest BCUT2D eigenvalue weighted by atomic mass is 35.5. The summed E-state index contributed by atoms with van der Waals surface area (Å²) >= 11 is 5.94. The molecule has 2 aromatic rings. The first-order valence-corrected chi connectivity index (χ1v) is 7.07. The first-order valence-electron chi connectivity index (χ1n) is 6.69. The van der Waals surface area contributed by atoms with Gasteiger partial charge in [0.2, 0.25) is 0 Å². The minimum absolute atomic E-state index is 0.0393. The van der Waals surface area contributed by atoms with Gasteiger partial charge in [0.25, 0.3) is 0 Å². The molecule has 1 N–H and O–H groups in total. The van der Waals surface area contributed by atoms with E-state index in [2.05, 4.69) is 5.32 Å². The summed E-state index contributed by atoms with van der Waals surface area (Å²) in [6.07, 6.45) is 0. The molecule has 4 nitrogen and oxygen atoms in total. The summed E-state index contributed by atoms with van der Waals surface area (Å²) in [5.74, 6) is -0.940. The third-order valence-electron chi connectivity index (χ3n) is 3.11. The fourth-order valence-corrected chi connectivity index (χ4v) is 2.24. The quantitative estimate of drug-likeness (QED) is 0.902. The number of hydrogen-bond acceptors (Lipinski definition) is 2. The molecule has 2 rings (SSSR count). The number of carbonyl (C=O) groups excluding carboxylic acids is 1. The van der Waals surface area contributed by atoms with Crippen molar-refractivity contribution in [1.82, 2.24) is 4.90 Å². The van der Waals surface area contributed by atoms with E-state index in [1.165, 1.54) is 12.0 Å². The summed E-state index contributed by atoms with van der Waals surface area (Å²) < 4.78 is 31.5. The number of amides is 2. The van der Waals surface area contributed by atoms with Crippen LogP contribution >= 0.6 is 11.6 Å². The minimum atomic E-state index is -0.764. The van der Waals surface area contributed by atoms with E-state index in [0.29, 0.717) is 16.3 Å². The van der Waals surface area contributed by atoms with Gasteiger partial charge in [0, 0.05) is 29.4 Å². The van der Waals surface area contributed by atoms with E-state index in [4.69, 9.17) is 16.3 Å². The Bertz CT molecular complexity index is 705. The second-order valence-electron chi connectivity index (χ2n) is 4.90. The minimum Gasteiger partial charge on any atom is -0.496 e. The summed E-state index contributed by atoms with van der Waals surface area (Å²) in [6.45, 7) is 0.216. The third kappa shape index (κ3) is 4.56. The van der Waals surface area contributed by atoms with Crippen molar-refractivity contribution in [3.8, 4) is 5.75 Å². The van der Waals surface area contributed by atoms with Gasteiger partial charge in [0.05, 0.1) is 13.7 Å². The number of methoxy groups -OCH3 is 1. The summed E-state index contributed by atoms with van der Waals surface area (Å²) in [6, 6.07) is 7.36. The van der Waals surface area contributed by atoms with Crippen LogP contribution in [-0.4, -0.2) is 25.1 Å². The molecule has 0 aliphatic rings. The van der Waals surface area contributed by atoms with Crippen molar-refractivity contribution in [3.63, 3.8) is 0 Å². The van der Waals surface area contributed by atoms with Crippen molar-refractivity contribution >= 4 is 23.3 Å². The first-order chi connectivity index (χ1) is 10.9. The van der Waals surface area contributed by atoms with Gasteiger partial charge in [-0.15, -0.1) is 0 Å². The number of halogens is 3. The van der Waals surface area contributed by atoms with E-state index in [1.54, 1.807) is 25.2 Å². The Kier molecular flexibility index (Phi) is 5.39. The molecule has 0 heterocycles. The van der Waals surface area contributed by atoms with Gasteiger partial charge in [-0.2, -0.15) is 0 Å². The van der Waals surface area contributed by atoms with Gasteiger partial charge >= 0.3 is 6.03 Å². The number of anilines is 1. The van der Waals surface area contributed by atoms with Crippen LogP contribution in [0.15, 0.2) is 36.4 Å². The second-order valence-corrected chi connectivity index (χ2v) is 5.34. The van der Waals surface area contributed by atoms with Gasteiger partial charge in [-0.3, -0.25) is 0 Å². The third-order valence-corrected chi connectivity index (χ3v) is 3.35. The van der Waals surface area contributed by atoms with E-state index in [1.807, 2.05) is 0 Å². The Morgan fingerprint density at radius 1 is 1.22 bits per heavy atom. The molecule has 0 saturated carbocycles. The number of hydrogen-bond donors (Lipinski definition) is 1. The maximum atomic E-state index is 13.1. The van der Waals surface area contributed by atoms with Crippen LogP contribution in [0.4, 0.5) is 19.3 Å². The predicted octanol–water partition coefficient (Wildman–Crippen LogP) is 4.29. The van der Waals surface area contributed by atoms with E-state index < -0.39 is 17.7 Å². The van der Waals surface area contributed by atoms with E-state index in [9.17, 15) is 13.6 Å². The van der Waals surface area contributed by atoms with Gasteiger partial charge < -0.3 is 15.0 Å². The maximum absolute atomic E-state index is 13.1. The molecule has 0 unspecified atom stereocenters. The fourth-order valence-electron chi connectivity index (χ4n) is 2.04. The number of nitrogens with zero attached hydrogens (tertiary/aromatic N) is 1. The lowest BCUT2D eigenvalue weighted by molar-refractivity contribution is 0.220. The first kappa shape index (κ1) is 17.0. The molecule has 7 heteroatoms. The molecular weight excluding hydrogens is 326 g/mol. The zero-order valence-corrected chi connectivity index (χ0v) is 13.3. The molecule has 122 valence electrons. The van der Waals surface area contributed by atoms with Crippen LogP contribution in [0.25, 0.3) is 0 Å². The Morgan fingerprint density at radius 2 is 1.87 bits per heavy atom. The van der Waals surface area contributed by atoms with Crippen molar-refractivity contribution in [2.24, 2.45) is 0 Å². The van der Waals surface area contributed by atoms with Crippen molar-refractivity contribution in [2.45, 2.75) is 6.54 Å². The summed E-state index contributed by atoms with van der Waals surface area (Å²) in [4.78, 5) is 13.5. The molecule has 23 heavy (non-hydrogen) atoms. The lowest BCUT2D eigenvalue weighted by Crippen LogP contribution is -2.31. The molecule has 0 aliphatic heterocycles. The summed E-state index contributed by atoms with van der Waals surface area (Å²) in [5, 5.41) is 2.94. The number of ether oxygens (including phenoxy) is 1. The topological polar surface area (TPSA) is 41.6 Å². The highest BCUT2D eigenvalue weighted by Gasteiger charge is 2.13. The Hall–Kier alpha value is -2.34. The fraction of sp³-hybridized carbons (Fsp3) is 0.188. The molecule has 0 saturated heterocycles. The van der Waals surface area contributed by atoms with Crippen molar-refractivity contribution in [2.75, 3.05) is 19.5 Å². The van der Waals surface area contributed by atoms with Crippen molar-refractivity contribution in [3.05, 3.63) is 58.6 Å². The van der Waals surface area contributed by atoms with Gasteiger partial charge in [-0.05, 0) is 30.3 Å². The predicted molar refractivity (Wildman–Crippen MR) is 84.8 cm³/mol. The molecule has 0 radical (unpaired) electrons. The Balaban J connectivity index is 2.09. The molecule has 0 aromatic heterocycles. The summed E-state index contributed by atoms with van der Waals surface area (Å²) in [7, 11) is 3.06. The van der Waals surface area contributed by atoms with Crippen LogP contribution in [0, 0.1) is 11.6 Å². The molecule has 0 atom stereocenters. The largest absolute Gasteiger partial charge is 0.496 e. The van der Waals surface area contributed by atoms with Crippen LogP contribution < -0.4 is 10.1 Å². The molecule has 2 amide bonds. The molecule has 0 bridgehead atoms. The van der Waals surface area contributed by atoms with E-state index >= 15 is 0 Å². The van der Waals surface area contributed by atoms with Crippen LogP contribution in [0.1, 0.15) is 5.56 Å². The average Bonchev–Trinajstić information content (AvgIpc) is 2.46.